The van der Waals surface area contributed by atoms with E-state index in [9.17, 15) is 19.2 Å². The van der Waals surface area contributed by atoms with Crippen molar-refractivity contribution in [3.63, 3.8) is 0 Å². The first-order chi connectivity index (χ1) is 8.07. The van der Waals surface area contributed by atoms with Gasteiger partial charge in [-0.15, -0.1) is 0 Å². The van der Waals surface area contributed by atoms with Gasteiger partial charge < -0.3 is 19.7 Å². The van der Waals surface area contributed by atoms with Gasteiger partial charge >= 0.3 is 0 Å². The molecule has 1 aromatic carbocycles. The number of hydrogen-bond acceptors (Lipinski definition) is 4. The van der Waals surface area contributed by atoms with Gasteiger partial charge in [0.05, 0.1) is 0 Å². The Kier molecular flexibility index (Phi) is 4.05. The molecular formula is C11H11NO4Si. The van der Waals surface area contributed by atoms with E-state index in [0.29, 0.717) is 28.6 Å². The molecule has 0 spiro atoms. The zero-order valence-electron chi connectivity index (χ0n) is 9.17. The van der Waals surface area contributed by atoms with Crippen LogP contribution in [-0.2, 0) is 19.2 Å². The Morgan fingerprint density at radius 2 is 1.76 bits per heavy atom. The predicted octanol–water partition coefficient (Wildman–Crippen LogP) is -0.384. The number of hydrogen-bond donors (Lipinski definition) is 1. The number of amides is 1. The maximum absolute atomic E-state index is 10.9. The first-order valence-electron chi connectivity index (χ1n) is 4.85. The topological polar surface area (TPSA) is 80.3 Å². The molecular weight excluding hydrogens is 238 g/mol. The van der Waals surface area contributed by atoms with Crippen LogP contribution in [0.15, 0.2) is 24.3 Å². The third-order valence-corrected chi connectivity index (χ3v) is 4.75. The zero-order chi connectivity index (χ0) is 12.9. The van der Waals surface area contributed by atoms with Gasteiger partial charge in [0.2, 0.25) is 5.91 Å². The minimum Gasteiger partial charge on any atom is -0.326 e. The SMILES string of the molecule is CC(=O)Nc1cccc([Si](C=O)(C=O)C=O)c1. The van der Waals surface area contributed by atoms with Crippen LogP contribution in [0.25, 0.3) is 0 Å². The van der Waals surface area contributed by atoms with Crippen molar-refractivity contribution >= 4 is 42.6 Å². The molecule has 0 unspecified atom stereocenters. The summed E-state index contributed by atoms with van der Waals surface area (Å²) in [4.78, 5) is 43.7. The Balaban J connectivity index is 3.21. The minimum atomic E-state index is -3.37. The van der Waals surface area contributed by atoms with Gasteiger partial charge in [0.15, 0.2) is 0 Å². The summed E-state index contributed by atoms with van der Waals surface area (Å²) < 4.78 is 0. The van der Waals surface area contributed by atoms with Crippen LogP contribution in [0.1, 0.15) is 6.92 Å². The molecule has 1 amide bonds. The van der Waals surface area contributed by atoms with Crippen molar-refractivity contribution in [3.8, 4) is 0 Å². The lowest BCUT2D eigenvalue weighted by atomic mass is 10.3. The molecule has 0 aliphatic carbocycles. The van der Waals surface area contributed by atoms with E-state index in [1.54, 1.807) is 12.1 Å². The Hall–Kier alpha value is -2.08. The van der Waals surface area contributed by atoms with Crippen LogP contribution in [0, 0.1) is 0 Å². The van der Waals surface area contributed by atoms with Gasteiger partial charge in [-0.1, -0.05) is 12.1 Å². The Morgan fingerprint density at radius 3 is 2.24 bits per heavy atom. The second kappa shape index (κ2) is 5.31. The highest BCUT2D eigenvalue weighted by Gasteiger charge is 2.36. The molecule has 17 heavy (non-hydrogen) atoms. The van der Waals surface area contributed by atoms with Crippen LogP contribution in [0.5, 0.6) is 0 Å². The van der Waals surface area contributed by atoms with E-state index in [1.165, 1.54) is 19.1 Å². The maximum Gasteiger partial charge on any atom is 0.296 e. The van der Waals surface area contributed by atoms with Crippen LogP contribution in [-0.4, -0.2) is 31.7 Å². The highest BCUT2D eigenvalue weighted by Crippen LogP contribution is 2.06. The van der Waals surface area contributed by atoms with Crippen LogP contribution < -0.4 is 10.5 Å². The molecule has 0 bridgehead atoms. The molecule has 0 heterocycles. The van der Waals surface area contributed by atoms with Crippen molar-refractivity contribution in [3.05, 3.63) is 24.3 Å². The molecule has 0 fully saturated rings. The molecule has 1 aromatic rings. The van der Waals surface area contributed by atoms with E-state index in [1.807, 2.05) is 0 Å². The largest absolute Gasteiger partial charge is 0.326 e. The molecule has 0 aliphatic rings. The van der Waals surface area contributed by atoms with E-state index in [4.69, 9.17) is 0 Å². The fourth-order valence-electron chi connectivity index (χ4n) is 1.36. The predicted molar refractivity (Wildman–Crippen MR) is 66.4 cm³/mol. The highest BCUT2D eigenvalue weighted by atomic mass is 28.3. The van der Waals surface area contributed by atoms with Crippen LogP contribution >= 0.6 is 0 Å². The van der Waals surface area contributed by atoms with E-state index < -0.39 is 8.07 Å². The fraction of sp³-hybridized carbons (Fsp3) is 0.0909. The smallest absolute Gasteiger partial charge is 0.296 e. The summed E-state index contributed by atoms with van der Waals surface area (Å²) in [5.41, 5.74) is 0.456. The van der Waals surface area contributed by atoms with Gasteiger partial charge in [-0.3, -0.25) is 4.79 Å². The summed E-state index contributed by atoms with van der Waals surface area (Å²) in [5.74, 6) is 0.984. The molecule has 0 saturated heterocycles. The molecule has 0 aliphatic heterocycles. The number of nitrogens with one attached hydrogen (secondary N) is 1. The van der Waals surface area contributed by atoms with E-state index >= 15 is 0 Å². The second-order valence-electron chi connectivity index (χ2n) is 3.55. The second-order valence-corrected chi connectivity index (χ2v) is 6.70. The van der Waals surface area contributed by atoms with Crippen molar-refractivity contribution in [1.82, 2.24) is 0 Å². The Bertz CT molecular complexity index is 451. The van der Waals surface area contributed by atoms with Gasteiger partial charge in [-0.2, -0.15) is 0 Å². The summed E-state index contributed by atoms with van der Waals surface area (Å²) in [6, 6.07) is 6.21. The van der Waals surface area contributed by atoms with Gasteiger partial charge in [0.1, 0.15) is 17.7 Å². The quantitative estimate of drug-likeness (QED) is 0.569. The maximum atomic E-state index is 10.9. The molecule has 0 atom stereocenters. The van der Waals surface area contributed by atoms with Gasteiger partial charge in [-0.05, 0) is 17.3 Å². The van der Waals surface area contributed by atoms with Gasteiger partial charge in [-0.25, -0.2) is 0 Å². The lowest BCUT2D eigenvalue weighted by molar-refractivity contribution is -0.114. The molecule has 0 radical (unpaired) electrons. The van der Waals surface area contributed by atoms with Crippen molar-refractivity contribution in [2.75, 3.05) is 5.32 Å². The summed E-state index contributed by atoms with van der Waals surface area (Å²) in [7, 11) is -3.37. The lowest BCUT2D eigenvalue weighted by Gasteiger charge is -2.12. The summed E-state index contributed by atoms with van der Waals surface area (Å²) >= 11 is 0. The average molecular weight is 249 g/mol. The van der Waals surface area contributed by atoms with Crippen molar-refractivity contribution in [2.45, 2.75) is 6.92 Å². The van der Waals surface area contributed by atoms with Gasteiger partial charge in [0, 0.05) is 12.6 Å². The molecule has 1 rings (SSSR count). The van der Waals surface area contributed by atoms with E-state index in [2.05, 4.69) is 5.32 Å². The fourth-order valence-corrected chi connectivity index (χ4v) is 2.72. The van der Waals surface area contributed by atoms with E-state index in [-0.39, 0.29) is 5.91 Å². The summed E-state index contributed by atoms with van der Waals surface area (Å²) in [6.07, 6.45) is 0. The zero-order valence-corrected chi connectivity index (χ0v) is 10.2. The third-order valence-electron chi connectivity index (χ3n) is 2.27. The Morgan fingerprint density at radius 1 is 1.18 bits per heavy atom. The number of anilines is 1. The third kappa shape index (κ3) is 2.73. The van der Waals surface area contributed by atoms with E-state index in [0.717, 1.165) is 0 Å². The summed E-state index contributed by atoms with van der Waals surface area (Å²) in [6.45, 7) is 1.34. The molecule has 5 nitrogen and oxygen atoms in total. The standard InChI is InChI=1S/C11H11NO4Si/c1-9(16)12-10-3-2-4-11(5-10)17(6-13,7-14)8-15/h2-8H,1H3,(H,12,16). The number of carbonyl (C=O) groups excluding carboxylic acids is 4. The van der Waals surface area contributed by atoms with Crippen LogP contribution in [0.4, 0.5) is 5.69 Å². The number of benzene rings is 1. The van der Waals surface area contributed by atoms with Crippen LogP contribution in [0.2, 0.25) is 0 Å². The monoisotopic (exact) mass is 249 g/mol. The summed E-state index contributed by atoms with van der Waals surface area (Å²) in [5, 5.41) is 2.89. The molecule has 6 heteroatoms. The number of rotatable bonds is 5. The first kappa shape index (κ1) is 13.0. The first-order valence-corrected chi connectivity index (χ1v) is 7.08. The van der Waals surface area contributed by atoms with Crippen LogP contribution in [0.3, 0.4) is 0 Å². The minimum absolute atomic E-state index is 0.266. The molecule has 0 aromatic heterocycles. The average Bonchev–Trinajstić information content (AvgIpc) is 2.32. The van der Waals surface area contributed by atoms with Crippen molar-refractivity contribution in [2.24, 2.45) is 0 Å². The highest BCUT2D eigenvalue weighted by molar-refractivity contribution is 7.39. The van der Waals surface area contributed by atoms with Crippen molar-refractivity contribution < 1.29 is 19.2 Å². The van der Waals surface area contributed by atoms with Gasteiger partial charge in [0.25, 0.3) is 8.07 Å². The normalized spacial score (nSPS) is 10.4. The number of carbonyl (C=O) groups is 4. The van der Waals surface area contributed by atoms with Crippen molar-refractivity contribution in [1.29, 1.82) is 0 Å². The molecule has 88 valence electrons. The Labute approximate surface area is 98.8 Å². The lowest BCUT2D eigenvalue weighted by Crippen LogP contribution is -2.54. The molecule has 1 N–H and O–H groups in total. The molecule has 0 saturated carbocycles.